The first-order chi connectivity index (χ1) is 9.22. The highest BCUT2D eigenvalue weighted by Crippen LogP contribution is 2.30. The number of pyridine rings is 1. The second-order valence-corrected chi connectivity index (χ2v) is 4.61. The number of esters is 1. The van der Waals surface area contributed by atoms with Crippen molar-refractivity contribution in [3.63, 3.8) is 0 Å². The van der Waals surface area contributed by atoms with Gasteiger partial charge >= 0.3 is 5.97 Å². The fraction of sp³-hybridized carbons (Fsp3) is 0.385. The van der Waals surface area contributed by atoms with Gasteiger partial charge in [0.15, 0.2) is 6.61 Å². The van der Waals surface area contributed by atoms with Crippen LogP contribution in [-0.4, -0.2) is 21.1 Å². The first-order valence-electron chi connectivity index (χ1n) is 6.14. The summed E-state index contributed by atoms with van der Waals surface area (Å²) in [6.07, 6.45) is 3.52. The SMILES string of the molecule is Cc1ccnc(-c2noc(COC(=O)C3CC3)n2)c1. The molecule has 0 amide bonds. The van der Waals surface area contributed by atoms with Crippen molar-refractivity contribution >= 4 is 5.97 Å². The Morgan fingerprint density at radius 2 is 2.37 bits per heavy atom. The van der Waals surface area contributed by atoms with Gasteiger partial charge in [0.1, 0.15) is 5.69 Å². The summed E-state index contributed by atoms with van der Waals surface area (Å²) in [7, 11) is 0. The zero-order valence-corrected chi connectivity index (χ0v) is 10.5. The molecule has 0 aliphatic heterocycles. The highest BCUT2D eigenvalue weighted by molar-refractivity contribution is 5.74. The third-order valence-electron chi connectivity index (χ3n) is 2.86. The van der Waals surface area contributed by atoms with Gasteiger partial charge in [0.05, 0.1) is 5.92 Å². The van der Waals surface area contributed by atoms with Crippen LogP contribution >= 0.6 is 0 Å². The van der Waals surface area contributed by atoms with E-state index in [1.807, 2.05) is 19.1 Å². The summed E-state index contributed by atoms with van der Waals surface area (Å²) in [4.78, 5) is 19.7. The smallest absolute Gasteiger partial charge is 0.309 e. The molecular weight excluding hydrogens is 246 g/mol. The molecule has 3 rings (SSSR count). The van der Waals surface area contributed by atoms with E-state index < -0.39 is 0 Å². The lowest BCUT2D eigenvalue weighted by Gasteiger charge is -1.98. The number of nitrogens with zero attached hydrogens (tertiary/aromatic N) is 3. The summed E-state index contributed by atoms with van der Waals surface area (Å²) in [5, 5.41) is 3.83. The Labute approximate surface area is 109 Å². The van der Waals surface area contributed by atoms with E-state index in [2.05, 4.69) is 15.1 Å². The van der Waals surface area contributed by atoms with E-state index in [9.17, 15) is 4.79 Å². The van der Waals surface area contributed by atoms with Gasteiger partial charge in [-0.3, -0.25) is 9.78 Å². The summed E-state index contributed by atoms with van der Waals surface area (Å²) in [5.74, 6) is 0.572. The van der Waals surface area contributed by atoms with E-state index in [0.717, 1.165) is 18.4 Å². The zero-order valence-electron chi connectivity index (χ0n) is 10.5. The van der Waals surface area contributed by atoms with Crippen LogP contribution < -0.4 is 0 Å². The molecule has 98 valence electrons. The van der Waals surface area contributed by atoms with Gasteiger partial charge in [0.25, 0.3) is 5.89 Å². The van der Waals surface area contributed by atoms with E-state index >= 15 is 0 Å². The van der Waals surface area contributed by atoms with Crippen molar-refractivity contribution in [2.24, 2.45) is 5.92 Å². The average molecular weight is 259 g/mol. The van der Waals surface area contributed by atoms with E-state index in [1.54, 1.807) is 6.20 Å². The lowest BCUT2D eigenvalue weighted by molar-refractivity contribution is -0.147. The normalized spacial score (nSPS) is 14.4. The fourth-order valence-corrected chi connectivity index (χ4v) is 1.65. The molecule has 0 N–H and O–H groups in total. The Morgan fingerprint density at radius 3 is 3.11 bits per heavy atom. The molecule has 1 aliphatic rings. The predicted molar refractivity (Wildman–Crippen MR) is 64.8 cm³/mol. The van der Waals surface area contributed by atoms with Gasteiger partial charge in [0.2, 0.25) is 5.82 Å². The van der Waals surface area contributed by atoms with E-state index in [1.165, 1.54) is 0 Å². The van der Waals surface area contributed by atoms with Crippen LogP contribution in [0.4, 0.5) is 0 Å². The summed E-state index contributed by atoms with van der Waals surface area (Å²) in [6.45, 7) is 1.98. The van der Waals surface area contributed by atoms with Crippen LogP contribution in [-0.2, 0) is 16.1 Å². The number of carbonyl (C=O) groups excluding carboxylic acids is 1. The average Bonchev–Trinajstić information content (AvgIpc) is 3.15. The van der Waals surface area contributed by atoms with E-state index in [0.29, 0.717) is 11.5 Å². The summed E-state index contributed by atoms with van der Waals surface area (Å²) < 4.78 is 10.1. The minimum Gasteiger partial charge on any atom is -0.455 e. The molecule has 0 atom stereocenters. The predicted octanol–water partition coefficient (Wildman–Crippen LogP) is 1.89. The molecule has 0 bridgehead atoms. The third kappa shape index (κ3) is 2.78. The number of ether oxygens (including phenoxy) is 1. The number of rotatable bonds is 4. The van der Waals surface area contributed by atoms with Crippen molar-refractivity contribution in [2.75, 3.05) is 0 Å². The lowest BCUT2D eigenvalue weighted by Crippen LogP contribution is -2.06. The Morgan fingerprint density at radius 1 is 1.53 bits per heavy atom. The van der Waals surface area contributed by atoms with E-state index in [-0.39, 0.29) is 24.4 Å². The maximum absolute atomic E-state index is 11.4. The molecule has 2 aromatic rings. The zero-order chi connectivity index (χ0) is 13.2. The van der Waals surface area contributed by atoms with Gasteiger partial charge in [-0.05, 0) is 37.5 Å². The molecule has 0 unspecified atom stereocenters. The molecule has 0 spiro atoms. The van der Waals surface area contributed by atoms with Crippen molar-refractivity contribution in [1.29, 1.82) is 0 Å². The summed E-state index contributed by atoms with van der Waals surface area (Å²) in [5.41, 5.74) is 1.71. The van der Waals surface area contributed by atoms with Gasteiger partial charge < -0.3 is 9.26 Å². The minimum absolute atomic E-state index is 0.0220. The van der Waals surface area contributed by atoms with Crippen LogP contribution in [0.15, 0.2) is 22.9 Å². The molecule has 19 heavy (non-hydrogen) atoms. The molecule has 0 aromatic carbocycles. The number of aromatic nitrogens is 3. The number of hydrogen-bond donors (Lipinski definition) is 0. The maximum Gasteiger partial charge on any atom is 0.309 e. The molecule has 0 radical (unpaired) electrons. The van der Waals surface area contributed by atoms with Crippen LogP contribution in [0, 0.1) is 12.8 Å². The molecular formula is C13H13N3O3. The molecule has 6 nitrogen and oxygen atoms in total. The topological polar surface area (TPSA) is 78.1 Å². The van der Waals surface area contributed by atoms with Crippen molar-refractivity contribution in [3.8, 4) is 11.5 Å². The van der Waals surface area contributed by atoms with Crippen LogP contribution in [0.2, 0.25) is 0 Å². The molecule has 2 heterocycles. The first kappa shape index (κ1) is 11.8. The molecule has 1 fully saturated rings. The van der Waals surface area contributed by atoms with Crippen LogP contribution in [0.1, 0.15) is 24.3 Å². The quantitative estimate of drug-likeness (QED) is 0.780. The molecule has 6 heteroatoms. The second kappa shape index (κ2) is 4.79. The lowest BCUT2D eigenvalue weighted by atomic mass is 10.2. The maximum atomic E-state index is 11.4. The largest absolute Gasteiger partial charge is 0.455 e. The highest BCUT2D eigenvalue weighted by atomic mass is 16.6. The number of aryl methyl sites for hydroxylation is 1. The number of hydrogen-bond acceptors (Lipinski definition) is 6. The third-order valence-corrected chi connectivity index (χ3v) is 2.86. The van der Waals surface area contributed by atoms with Gasteiger partial charge in [0, 0.05) is 6.20 Å². The van der Waals surface area contributed by atoms with Crippen molar-refractivity contribution in [2.45, 2.75) is 26.4 Å². The van der Waals surface area contributed by atoms with Crippen LogP contribution in [0.3, 0.4) is 0 Å². The summed E-state index contributed by atoms with van der Waals surface area (Å²) >= 11 is 0. The van der Waals surface area contributed by atoms with Crippen molar-refractivity contribution < 1.29 is 14.1 Å². The Bertz CT molecular complexity index is 605. The minimum atomic E-state index is -0.187. The fourth-order valence-electron chi connectivity index (χ4n) is 1.65. The van der Waals surface area contributed by atoms with Crippen molar-refractivity contribution in [1.82, 2.24) is 15.1 Å². The Hall–Kier alpha value is -2.24. The van der Waals surface area contributed by atoms with Gasteiger partial charge in [-0.2, -0.15) is 4.98 Å². The monoisotopic (exact) mass is 259 g/mol. The van der Waals surface area contributed by atoms with Crippen molar-refractivity contribution in [3.05, 3.63) is 29.8 Å². The van der Waals surface area contributed by atoms with Crippen LogP contribution in [0.25, 0.3) is 11.5 Å². The molecule has 2 aromatic heterocycles. The second-order valence-electron chi connectivity index (χ2n) is 4.61. The summed E-state index contributed by atoms with van der Waals surface area (Å²) in [6, 6.07) is 3.76. The number of carbonyl (C=O) groups is 1. The Balaban J connectivity index is 1.67. The van der Waals surface area contributed by atoms with Crippen LogP contribution in [0.5, 0.6) is 0 Å². The highest BCUT2D eigenvalue weighted by Gasteiger charge is 2.31. The van der Waals surface area contributed by atoms with E-state index in [4.69, 9.17) is 9.26 Å². The van der Waals surface area contributed by atoms with Gasteiger partial charge in [-0.15, -0.1) is 0 Å². The van der Waals surface area contributed by atoms with Gasteiger partial charge in [-0.25, -0.2) is 0 Å². The van der Waals surface area contributed by atoms with Gasteiger partial charge in [-0.1, -0.05) is 5.16 Å². The Kier molecular flexibility index (Phi) is 2.98. The molecule has 1 saturated carbocycles. The first-order valence-corrected chi connectivity index (χ1v) is 6.14. The molecule has 0 saturated heterocycles. The molecule has 1 aliphatic carbocycles. The standard InChI is InChI=1S/C13H13N3O3/c1-8-4-5-14-10(6-8)12-15-11(19-16-12)7-18-13(17)9-2-3-9/h4-6,9H,2-3,7H2,1H3.